The Morgan fingerprint density at radius 1 is 1.35 bits per heavy atom. The zero-order valence-corrected chi connectivity index (χ0v) is 12.5. The number of halogens is 3. The number of alkyl halides is 3. The molecular formula is C15H14F3N3O2. The first kappa shape index (κ1) is 16.7. The molecule has 2 rings (SSSR count). The van der Waals surface area contributed by atoms with Gasteiger partial charge in [-0.1, -0.05) is 6.58 Å². The van der Waals surface area contributed by atoms with Gasteiger partial charge in [-0.25, -0.2) is 9.48 Å². The van der Waals surface area contributed by atoms with E-state index in [9.17, 15) is 18.0 Å². The van der Waals surface area contributed by atoms with Gasteiger partial charge < -0.3 is 4.74 Å². The fourth-order valence-corrected chi connectivity index (χ4v) is 2.06. The normalized spacial score (nSPS) is 11.3. The molecule has 5 nitrogen and oxygen atoms in total. The number of esters is 1. The van der Waals surface area contributed by atoms with Crippen LogP contribution in [-0.2, 0) is 10.9 Å². The summed E-state index contributed by atoms with van der Waals surface area (Å²) in [4.78, 5) is 15.7. The highest BCUT2D eigenvalue weighted by Gasteiger charge is 2.41. The van der Waals surface area contributed by atoms with Crippen LogP contribution in [0, 0.1) is 0 Å². The molecule has 0 saturated carbocycles. The van der Waals surface area contributed by atoms with Crippen LogP contribution in [0.1, 0.15) is 35.5 Å². The van der Waals surface area contributed by atoms with Crippen LogP contribution < -0.4 is 0 Å². The molecule has 0 unspecified atom stereocenters. The van der Waals surface area contributed by atoms with Gasteiger partial charge in [0.15, 0.2) is 5.69 Å². The fourth-order valence-electron chi connectivity index (χ4n) is 2.06. The van der Waals surface area contributed by atoms with Crippen molar-refractivity contribution in [3.8, 4) is 5.69 Å². The number of hydrogen-bond donors (Lipinski definition) is 0. The van der Waals surface area contributed by atoms with E-state index in [2.05, 4.69) is 21.4 Å². The van der Waals surface area contributed by atoms with Crippen molar-refractivity contribution in [2.45, 2.75) is 20.0 Å². The van der Waals surface area contributed by atoms with Crippen molar-refractivity contribution in [1.82, 2.24) is 14.8 Å². The van der Waals surface area contributed by atoms with Gasteiger partial charge in [-0.15, -0.1) is 0 Å². The van der Waals surface area contributed by atoms with Gasteiger partial charge in [-0.3, -0.25) is 4.98 Å². The molecule has 122 valence electrons. The second-order valence-electron chi connectivity index (χ2n) is 4.71. The van der Waals surface area contributed by atoms with E-state index < -0.39 is 23.4 Å². The predicted molar refractivity (Wildman–Crippen MR) is 77.0 cm³/mol. The van der Waals surface area contributed by atoms with E-state index in [1.54, 1.807) is 6.92 Å². The first-order valence-electron chi connectivity index (χ1n) is 6.70. The fraction of sp³-hybridized carbons (Fsp3) is 0.267. The van der Waals surface area contributed by atoms with E-state index in [1.165, 1.54) is 25.4 Å². The molecule has 0 atom stereocenters. The maximum atomic E-state index is 13.5. The standard InChI is InChI=1S/C15H14F3N3O2/c1-4-23-14(22)11-8-20-21(13(11)15(16,17)18)12-5-6-19-7-10(12)9(2)3/h5-8H,2,4H2,1,3H3. The largest absolute Gasteiger partial charge is 0.462 e. The lowest BCUT2D eigenvalue weighted by atomic mass is 10.1. The molecule has 0 aliphatic heterocycles. The Morgan fingerprint density at radius 3 is 2.61 bits per heavy atom. The molecule has 0 bridgehead atoms. The molecule has 0 aromatic carbocycles. The third-order valence-electron chi connectivity index (χ3n) is 3.02. The summed E-state index contributed by atoms with van der Waals surface area (Å²) in [7, 11) is 0. The number of carbonyl (C=O) groups excluding carboxylic acids is 1. The van der Waals surface area contributed by atoms with Crippen molar-refractivity contribution in [2.24, 2.45) is 0 Å². The summed E-state index contributed by atoms with van der Waals surface area (Å²) < 4.78 is 45.7. The van der Waals surface area contributed by atoms with E-state index in [1.807, 2.05) is 0 Å². The lowest BCUT2D eigenvalue weighted by molar-refractivity contribution is -0.143. The Morgan fingerprint density at radius 2 is 2.04 bits per heavy atom. The molecule has 8 heteroatoms. The summed E-state index contributed by atoms with van der Waals surface area (Å²) in [6, 6.07) is 1.38. The average Bonchev–Trinajstić information content (AvgIpc) is 2.92. The quantitative estimate of drug-likeness (QED) is 0.807. The van der Waals surface area contributed by atoms with E-state index >= 15 is 0 Å². The number of hydrogen-bond acceptors (Lipinski definition) is 4. The number of nitrogens with zero attached hydrogens (tertiary/aromatic N) is 3. The van der Waals surface area contributed by atoms with Gasteiger partial charge in [0, 0.05) is 18.0 Å². The average molecular weight is 325 g/mol. The number of pyridine rings is 1. The maximum Gasteiger partial charge on any atom is 0.434 e. The van der Waals surface area contributed by atoms with Gasteiger partial charge in [0.1, 0.15) is 5.56 Å². The molecule has 0 radical (unpaired) electrons. The zero-order chi connectivity index (χ0) is 17.2. The minimum Gasteiger partial charge on any atom is -0.462 e. The van der Waals surface area contributed by atoms with Crippen LogP contribution in [0.15, 0.2) is 31.2 Å². The summed E-state index contributed by atoms with van der Waals surface area (Å²) in [6.07, 6.45) is -1.20. The smallest absolute Gasteiger partial charge is 0.434 e. The van der Waals surface area contributed by atoms with Crippen molar-refractivity contribution in [1.29, 1.82) is 0 Å². The topological polar surface area (TPSA) is 57.0 Å². The molecule has 0 saturated heterocycles. The van der Waals surface area contributed by atoms with Crippen molar-refractivity contribution in [3.63, 3.8) is 0 Å². The summed E-state index contributed by atoms with van der Waals surface area (Å²) in [6.45, 7) is 6.84. The lowest BCUT2D eigenvalue weighted by Crippen LogP contribution is -2.19. The molecule has 0 fully saturated rings. The van der Waals surface area contributed by atoms with Gasteiger partial charge in [0.05, 0.1) is 18.5 Å². The Kier molecular flexibility index (Phi) is 4.53. The second kappa shape index (κ2) is 6.23. The Hall–Kier alpha value is -2.64. The second-order valence-corrected chi connectivity index (χ2v) is 4.71. The SMILES string of the molecule is C=C(C)c1cnccc1-n1ncc(C(=O)OCC)c1C(F)(F)F. The van der Waals surface area contributed by atoms with Crippen molar-refractivity contribution in [3.05, 3.63) is 48.1 Å². The third kappa shape index (κ3) is 3.25. The minimum atomic E-state index is -4.78. The van der Waals surface area contributed by atoms with Gasteiger partial charge in [0.25, 0.3) is 0 Å². The van der Waals surface area contributed by atoms with Crippen molar-refractivity contribution in [2.75, 3.05) is 6.61 Å². The van der Waals surface area contributed by atoms with Crippen molar-refractivity contribution >= 4 is 11.5 Å². The minimum absolute atomic E-state index is 0.0341. The monoisotopic (exact) mass is 325 g/mol. The summed E-state index contributed by atoms with van der Waals surface area (Å²) in [5.74, 6) is -1.07. The van der Waals surface area contributed by atoms with Crippen LogP contribution in [0.5, 0.6) is 0 Å². The Labute approximate surface area is 130 Å². The van der Waals surface area contributed by atoms with Crippen LogP contribution in [0.3, 0.4) is 0 Å². The van der Waals surface area contributed by atoms with E-state index in [0.717, 1.165) is 6.20 Å². The van der Waals surface area contributed by atoms with Gasteiger partial charge in [-0.05, 0) is 25.5 Å². The van der Waals surface area contributed by atoms with Crippen LogP contribution in [0.4, 0.5) is 13.2 Å². The highest BCUT2D eigenvalue weighted by Crippen LogP contribution is 2.35. The predicted octanol–water partition coefficient (Wildman–Crippen LogP) is 3.50. The molecule has 23 heavy (non-hydrogen) atoms. The maximum absolute atomic E-state index is 13.5. The molecule has 0 spiro atoms. The third-order valence-corrected chi connectivity index (χ3v) is 3.02. The Bertz CT molecular complexity index is 751. The van der Waals surface area contributed by atoms with Crippen LogP contribution >= 0.6 is 0 Å². The molecule has 0 aliphatic carbocycles. The number of ether oxygens (including phenoxy) is 1. The van der Waals surface area contributed by atoms with Crippen LogP contribution in [0.2, 0.25) is 0 Å². The summed E-state index contributed by atoms with van der Waals surface area (Å²) in [5.41, 5.74) is -0.769. The van der Waals surface area contributed by atoms with Crippen molar-refractivity contribution < 1.29 is 22.7 Å². The number of allylic oxidation sites excluding steroid dienone is 1. The van der Waals surface area contributed by atoms with Gasteiger partial charge >= 0.3 is 12.1 Å². The molecule has 0 aliphatic rings. The lowest BCUT2D eigenvalue weighted by Gasteiger charge is -2.15. The molecule has 2 aromatic rings. The molecule has 0 N–H and O–H groups in total. The summed E-state index contributed by atoms with van der Waals surface area (Å²) in [5, 5.41) is 3.73. The number of aromatic nitrogens is 3. The Balaban J connectivity index is 2.70. The highest BCUT2D eigenvalue weighted by atomic mass is 19.4. The van der Waals surface area contributed by atoms with E-state index in [4.69, 9.17) is 0 Å². The highest BCUT2D eigenvalue weighted by molar-refractivity contribution is 5.91. The van der Waals surface area contributed by atoms with E-state index in [-0.39, 0.29) is 12.3 Å². The van der Waals surface area contributed by atoms with E-state index in [0.29, 0.717) is 15.8 Å². The molecular weight excluding hydrogens is 311 g/mol. The van der Waals surface area contributed by atoms with Crippen LogP contribution in [-0.4, -0.2) is 27.3 Å². The van der Waals surface area contributed by atoms with Gasteiger partial charge in [0.2, 0.25) is 0 Å². The van der Waals surface area contributed by atoms with Gasteiger partial charge in [-0.2, -0.15) is 18.3 Å². The molecule has 2 aromatic heterocycles. The zero-order valence-electron chi connectivity index (χ0n) is 12.5. The first-order chi connectivity index (χ1) is 10.8. The number of rotatable bonds is 4. The molecule has 2 heterocycles. The van der Waals surface area contributed by atoms with Crippen LogP contribution in [0.25, 0.3) is 11.3 Å². The molecule has 0 amide bonds. The number of carbonyl (C=O) groups is 1. The summed E-state index contributed by atoms with van der Waals surface area (Å²) >= 11 is 0. The first-order valence-corrected chi connectivity index (χ1v) is 6.70.